The van der Waals surface area contributed by atoms with Gasteiger partial charge in [0.2, 0.25) is 0 Å². The van der Waals surface area contributed by atoms with E-state index in [1.54, 1.807) is 6.92 Å². The van der Waals surface area contributed by atoms with E-state index in [4.69, 9.17) is 9.47 Å². The summed E-state index contributed by atoms with van der Waals surface area (Å²) in [6.07, 6.45) is 1.11. The fourth-order valence-corrected chi connectivity index (χ4v) is 1.00. The Bertz CT molecular complexity index is 175. The van der Waals surface area contributed by atoms with Gasteiger partial charge in [-0.3, -0.25) is 0 Å². The van der Waals surface area contributed by atoms with Gasteiger partial charge in [0.25, 0.3) is 0 Å². The van der Waals surface area contributed by atoms with E-state index in [0.717, 1.165) is 6.42 Å². The Morgan fingerprint density at radius 3 is 2.21 bits per heavy atom. The standard InChI is InChI=1S/C11H22O3/c1-6-9(10(12)13-8-3)14-11(4,5)7-2/h9H,6-8H2,1-5H3. The van der Waals surface area contributed by atoms with Gasteiger partial charge in [-0.05, 0) is 33.6 Å². The minimum atomic E-state index is -0.426. The van der Waals surface area contributed by atoms with Crippen LogP contribution in [0.2, 0.25) is 0 Å². The topological polar surface area (TPSA) is 35.5 Å². The zero-order valence-corrected chi connectivity index (χ0v) is 9.92. The van der Waals surface area contributed by atoms with Crippen LogP contribution in [-0.4, -0.2) is 24.3 Å². The van der Waals surface area contributed by atoms with Gasteiger partial charge in [0.15, 0.2) is 6.10 Å². The minimum Gasteiger partial charge on any atom is -0.464 e. The molecule has 0 aromatic rings. The Morgan fingerprint density at radius 2 is 1.86 bits per heavy atom. The van der Waals surface area contributed by atoms with Crippen molar-refractivity contribution in [2.45, 2.75) is 59.2 Å². The average molecular weight is 202 g/mol. The third kappa shape index (κ3) is 4.61. The van der Waals surface area contributed by atoms with E-state index in [1.807, 2.05) is 27.7 Å². The first-order valence-corrected chi connectivity index (χ1v) is 5.31. The van der Waals surface area contributed by atoms with Crippen molar-refractivity contribution >= 4 is 5.97 Å². The largest absolute Gasteiger partial charge is 0.464 e. The number of esters is 1. The van der Waals surface area contributed by atoms with E-state index in [-0.39, 0.29) is 11.6 Å². The summed E-state index contributed by atoms with van der Waals surface area (Å²) in [7, 11) is 0. The molecule has 0 amide bonds. The molecular weight excluding hydrogens is 180 g/mol. The maximum atomic E-state index is 11.4. The molecule has 0 bridgehead atoms. The molecule has 0 aromatic heterocycles. The van der Waals surface area contributed by atoms with Crippen LogP contribution in [0, 0.1) is 0 Å². The normalized spacial score (nSPS) is 13.8. The van der Waals surface area contributed by atoms with Gasteiger partial charge in [-0.1, -0.05) is 13.8 Å². The molecule has 0 saturated heterocycles. The molecule has 0 aliphatic rings. The summed E-state index contributed by atoms with van der Waals surface area (Å²) in [4.78, 5) is 11.4. The molecule has 14 heavy (non-hydrogen) atoms. The molecule has 0 fully saturated rings. The SMILES string of the molecule is CCOC(=O)C(CC)OC(C)(C)CC. The zero-order chi connectivity index (χ0) is 11.2. The van der Waals surface area contributed by atoms with Crippen LogP contribution in [0.5, 0.6) is 0 Å². The highest BCUT2D eigenvalue weighted by Crippen LogP contribution is 2.18. The molecule has 0 rings (SSSR count). The molecule has 1 atom stereocenters. The first-order chi connectivity index (χ1) is 6.46. The zero-order valence-electron chi connectivity index (χ0n) is 9.92. The predicted octanol–water partition coefficient (Wildman–Crippen LogP) is 2.53. The van der Waals surface area contributed by atoms with Gasteiger partial charge in [0.05, 0.1) is 12.2 Å². The minimum absolute atomic E-state index is 0.253. The molecule has 0 N–H and O–H groups in total. The molecule has 1 unspecified atom stereocenters. The van der Waals surface area contributed by atoms with Crippen molar-refractivity contribution in [2.75, 3.05) is 6.61 Å². The van der Waals surface area contributed by atoms with Crippen molar-refractivity contribution in [3.63, 3.8) is 0 Å². The van der Waals surface area contributed by atoms with Gasteiger partial charge in [-0.2, -0.15) is 0 Å². The van der Waals surface area contributed by atoms with Gasteiger partial charge >= 0.3 is 5.97 Å². The highest BCUT2D eigenvalue weighted by Gasteiger charge is 2.26. The second-order valence-corrected chi connectivity index (χ2v) is 3.88. The lowest BCUT2D eigenvalue weighted by atomic mass is 10.1. The molecule has 0 radical (unpaired) electrons. The summed E-state index contributed by atoms with van der Waals surface area (Å²) >= 11 is 0. The first-order valence-electron chi connectivity index (χ1n) is 5.31. The van der Waals surface area contributed by atoms with Gasteiger partial charge in [0, 0.05) is 0 Å². The van der Waals surface area contributed by atoms with E-state index in [1.165, 1.54) is 0 Å². The van der Waals surface area contributed by atoms with E-state index >= 15 is 0 Å². The first kappa shape index (κ1) is 13.4. The van der Waals surface area contributed by atoms with Crippen LogP contribution in [0.4, 0.5) is 0 Å². The summed E-state index contributed by atoms with van der Waals surface area (Å²) in [5, 5.41) is 0. The Labute approximate surface area is 86.8 Å². The van der Waals surface area contributed by atoms with Gasteiger partial charge in [0.1, 0.15) is 0 Å². The quantitative estimate of drug-likeness (QED) is 0.621. The molecule has 0 spiro atoms. The van der Waals surface area contributed by atoms with Gasteiger partial charge in [-0.15, -0.1) is 0 Å². The van der Waals surface area contributed by atoms with Crippen molar-refractivity contribution in [1.29, 1.82) is 0 Å². The van der Waals surface area contributed by atoms with Crippen molar-refractivity contribution < 1.29 is 14.3 Å². The molecule has 84 valence electrons. The highest BCUT2D eigenvalue weighted by molar-refractivity contribution is 5.74. The van der Waals surface area contributed by atoms with Crippen LogP contribution in [0.3, 0.4) is 0 Å². The van der Waals surface area contributed by atoms with Crippen LogP contribution in [0.15, 0.2) is 0 Å². The van der Waals surface area contributed by atoms with E-state index in [2.05, 4.69) is 0 Å². The lowest BCUT2D eigenvalue weighted by Crippen LogP contribution is -2.35. The lowest BCUT2D eigenvalue weighted by molar-refractivity contribution is -0.167. The van der Waals surface area contributed by atoms with Crippen molar-refractivity contribution in [3.05, 3.63) is 0 Å². The smallest absolute Gasteiger partial charge is 0.335 e. The van der Waals surface area contributed by atoms with Crippen LogP contribution >= 0.6 is 0 Å². The second kappa shape index (κ2) is 6.02. The summed E-state index contributed by atoms with van der Waals surface area (Å²) in [6.45, 7) is 10.1. The lowest BCUT2D eigenvalue weighted by Gasteiger charge is -2.28. The molecule has 0 aromatic carbocycles. The Hall–Kier alpha value is -0.570. The van der Waals surface area contributed by atoms with Gasteiger partial charge < -0.3 is 9.47 Å². The highest BCUT2D eigenvalue weighted by atomic mass is 16.6. The van der Waals surface area contributed by atoms with Crippen molar-refractivity contribution in [2.24, 2.45) is 0 Å². The maximum Gasteiger partial charge on any atom is 0.335 e. The second-order valence-electron chi connectivity index (χ2n) is 3.88. The summed E-state index contributed by atoms with van der Waals surface area (Å²) in [5.41, 5.74) is -0.257. The number of rotatable bonds is 6. The third-order valence-electron chi connectivity index (χ3n) is 2.23. The monoisotopic (exact) mass is 202 g/mol. The van der Waals surface area contributed by atoms with E-state index in [0.29, 0.717) is 13.0 Å². The fourth-order valence-electron chi connectivity index (χ4n) is 1.00. The predicted molar refractivity (Wildman–Crippen MR) is 56.2 cm³/mol. The molecule has 3 heteroatoms. The van der Waals surface area contributed by atoms with E-state index in [9.17, 15) is 4.79 Å². The Morgan fingerprint density at radius 1 is 1.29 bits per heavy atom. The third-order valence-corrected chi connectivity index (χ3v) is 2.23. The van der Waals surface area contributed by atoms with Crippen LogP contribution in [0.25, 0.3) is 0 Å². The number of hydrogen-bond donors (Lipinski definition) is 0. The maximum absolute atomic E-state index is 11.4. The summed E-state index contributed by atoms with van der Waals surface area (Å²) < 4.78 is 10.6. The number of carbonyl (C=O) groups is 1. The number of ether oxygens (including phenoxy) is 2. The molecule has 0 aliphatic heterocycles. The van der Waals surface area contributed by atoms with Crippen LogP contribution < -0.4 is 0 Å². The molecular formula is C11H22O3. The molecule has 0 saturated carbocycles. The molecule has 0 aliphatic carbocycles. The van der Waals surface area contributed by atoms with E-state index < -0.39 is 6.10 Å². The fraction of sp³-hybridized carbons (Fsp3) is 0.909. The van der Waals surface area contributed by atoms with Gasteiger partial charge in [-0.25, -0.2) is 4.79 Å². The Kier molecular flexibility index (Phi) is 5.77. The molecule has 0 heterocycles. The van der Waals surface area contributed by atoms with Crippen LogP contribution in [-0.2, 0) is 14.3 Å². The van der Waals surface area contributed by atoms with Crippen molar-refractivity contribution in [3.8, 4) is 0 Å². The summed E-state index contributed by atoms with van der Waals surface area (Å²) in [5.74, 6) is -0.253. The van der Waals surface area contributed by atoms with Crippen LogP contribution in [0.1, 0.15) is 47.5 Å². The number of hydrogen-bond acceptors (Lipinski definition) is 3. The molecule has 3 nitrogen and oxygen atoms in total. The average Bonchev–Trinajstić information content (AvgIpc) is 2.14. The summed E-state index contributed by atoms with van der Waals surface area (Å²) in [6, 6.07) is 0. The number of carbonyl (C=O) groups excluding carboxylic acids is 1. The van der Waals surface area contributed by atoms with Crippen molar-refractivity contribution in [1.82, 2.24) is 0 Å². The Balaban J connectivity index is 4.21.